The highest BCUT2D eigenvalue weighted by Gasteiger charge is 2.24. The highest BCUT2D eigenvalue weighted by atomic mass is 32.1. The van der Waals surface area contributed by atoms with Crippen molar-refractivity contribution in [2.75, 3.05) is 18.1 Å². The van der Waals surface area contributed by atoms with Crippen molar-refractivity contribution in [3.05, 3.63) is 29.3 Å². The first-order chi connectivity index (χ1) is 9.13. The molecule has 1 aromatic rings. The summed E-state index contributed by atoms with van der Waals surface area (Å²) < 4.78 is 0. The number of nitrogens with zero attached hydrogens (tertiary/aromatic N) is 1. The minimum absolute atomic E-state index is 0.232. The molecule has 1 saturated heterocycles. The molecule has 19 heavy (non-hydrogen) atoms. The van der Waals surface area contributed by atoms with Gasteiger partial charge in [-0.3, -0.25) is 0 Å². The number of hydrogen-bond acceptors (Lipinski definition) is 3. The summed E-state index contributed by atoms with van der Waals surface area (Å²) >= 11 is 5.17. The molecule has 2 rings (SSSR count). The van der Waals surface area contributed by atoms with Crippen LogP contribution in [0.4, 0.5) is 5.69 Å². The van der Waals surface area contributed by atoms with Crippen LogP contribution in [-0.4, -0.2) is 29.3 Å². The van der Waals surface area contributed by atoms with E-state index in [1.807, 2.05) is 12.1 Å². The number of piperidine rings is 1. The van der Waals surface area contributed by atoms with Crippen LogP contribution in [0.2, 0.25) is 0 Å². The van der Waals surface area contributed by atoms with Gasteiger partial charge >= 0.3 is 0 Å². The quantitative estimate of drug-likeness (QED) is 0.830. The van der Waals surface area contributed by atoms with Gasteiger partial charge in [-0.2, -0.15) is 0 Å². The maximum Gasteiger partial charge on any atom is 0.106 e. The van der Waals surface area contributed by atoms with Crippen LogP contribution >= 0.6 is 12.2 Å². The molecule has 1 aliphatic heterocycles. The first-order valence-electron chi connectivity index (χ1n) is 6.91. The van der Waals surface area contributed by atoms with E-state index in [2.05, 4.69) is 17.9 Å². The number of rotatable bonds is 4. The molecule has 0 amide bonds. The Bertz CT molecular complexity index is 459. The SMILES string of the molecule is Cc1ccc(C(N)=S)c(N2CCCCC2CCO)c1. The molecule has 1 heterocycles. The summed E-state index contributed by atoms with van der Waals surface area (Å²) in [4.78, 5) is 2.82. The third-order valence-corrected chi connectivity index (χ3v) is 4.04. The molecule has 0 radical (unpaired) electrons. The van der Waals surface area contributed by atoms with Crippen LogP contribution in [0, 0.1) is 6.92 Å². The van der Waals surface area contributed by atoms with E-state index in [-0.39, 0.29) is 6.61 Å². The second-order valence-corrected chi connectivity index (χ2v) is 5.68. The zero-order valence-electron chi connectivity index (χ0n) is 11.4. The molecule has 1 aromatic carbocycles. The Balaban J connectivity index is 2.37. The predicted molar refractivity (Wildman–Crippen MR) is 83.8 cm³/mol. The number of hydrogen-bond donors (Lipinski definition) is 2. The molecule has 3 nitrogen and oxygen atoms in total. The average molecular weight is 278 g/mol. The summed E-state index contributed by atoms with van der Waals surface area (Å²) in [6.45, 7) is 3.33. The molecule has 1 fully saturated rings. The highest BCUT2D eigenvalue weighted by molar-refractivity contribution is 7.80. The van der Waals surface area contributed by atoms with Crippen molar-refractivity contribution in [1.29, 1.82) is 0 Å². The molecule has 1 unspecified atom stereocenters. The van der Waals surface area contributed by atoms with Gasteiger partial charge in [-0.05, 0) is 50.3 Å². The Morgan fingerprint density at radius 1 is 1.47 bits per heavy atom. The lowest BCUT2D eigenvalue weighted by molar-refractivity contribution is 0.262. The standard InChI is InChI=1S/C15H22N2OS/c1-11-5-6-13(15(16)19)14(10-11)17-8-3-2-4-12(17)7-9-18/h5-6,10,12,18H,2-4,7-9H2,1H3,(H2,16,19). The second kappa shape index (κ2) is 6.35. The number of aliphatic hydroxyl groups excluding tert-OH is 1. The Morgan fingerprint density at radius 2 is 2.26 bits per heavy atom. The van der Waals surface area contributed by atoms with Gasteiger partial charge in [-0.25, -0.2) is 0 Å². The van der Waals surface area contributed by atoms with E-state index >= 15 is 0 Å². The first-order valence-corrected chi connectivity index (χ1v) is 7.32. The van der Waals surface area contributed by atoms with Crippen molar-refractivity contribution in [3.8, 4) is 0 Å². The lowest BCUT2D eigenvalue weighted by Crippen LogP contribution is -2.41. The van der Waals surface area contributed by atoms with E-state index in [9.17, 15) is 5.11 Å². The summed E-state index contributed by atoms with van der Waals surface area (Å²) in [5.74, 6) is 0. The second-order valence-electron chi connectivity index (χ2n) is 5.24. The lowest BCUT2D eigenvalue weighted by Gasteiger charge is -2.38. The highest BCUT2D eigenvalue weighted by Crippen LogP contribution is 2.30. The number of thiocarbonyl (C=S) groups is 1. The van der Waals surface area contributed by atoms with Crippen molar-refractivity contribution >= 4 is 22.9 Å². The van der Waals surface area contributed by atoms with Gasteiger partial charge in [0, 0.05) is 30.4 Å². The lowest BCUT2D eigenvalue weighted by atomic mass is 9.97. The molecule has 3 N–H and O–H groups in total. The van der Waals surface area contributed by atoms with E-state index in [0.29, 0.717) is 11.0 Å². The maximum absolute atomic E-state index is 9.24. The fourth-order valence-corrected chi connectivity index (χ4v) is 3.03. The fourth-order valence-electron chi connectivity index (χ4n) is 2.85. The molecule has 0 saturated carbocycles. The minimum Gasteiger partial charge on any atom is -0.396 e. The summed E-state index contributed by atoms with van der Waals surface area (Å²) in [5.41, 5.74) is 9.14. The van der Waals surface area contributed by atoms with Crippen LogP contribution in [0.3, 0.4) is 0 Å². The van der Waals surface area contributed by atoms with Gasteiger partial charge in [0.15, 0.2) is 0 Å². The molecule has 1 atom stereocenters. The molecule has 104 valence electrons. The molecule has 0 spiro atoms. The number of benzene rings is 1. The zero-order chi connectivity index (χ0) is 13.8. The van der Waals surface area contributed by atoms with Gasteiger partial charge in [0.1, 0.15) is 4.99 Å². The molecule has 4 heteroatoms. The van der Waals surface area contributed by atoms with E-state index < -0.39 is 0 Å². The summed E-state index contributed by atoms with van der Waals surface area (Å²) in [7, 11) is 0. The van der Waals surface area contributed by atoms with Crippen LogP contribution < -0.4 is 10.6 Å². The van der Waals surface area contributed by atoms with Gasteiger partial charge < -0.3 is 15.7 Å². The number of aliphatic hydroxyl groups is 1. The van der Waals surface area contributed by atoms with E-state index in [0.717, 1.165) is 30.6 Å². The normalized spacial score (nSPS) is 19.5. The van der Waals surface area contributed by atoms with Crippen molar-refractivity contribution in [2.24, 2.45) is 5.73 Å². The maximum atomic E-state index is 9.24. The third kappa shape index (κ3) is 3.25. The van der Waals surface area contributed by atoms with Crippen molar-refractivity contribution < 1.29 is 5.11 Å². The number of anilines is 1. The van der Waals surface area contributed by atoms with E-state index in [1.165, 1.54) is 18.4 Å². The van der Waals surface area contributed by atoms with Crippen LogP contribution in [0.1, 0.15) is 36.8 Å². The molecule has 0 bridgehead atoms. The van der Waals surface area contributed by atoms with E-state index in [4.69, 9.17) is 18.0 Å². The monoisotopic (exact) mass is 278 g/mol. The van der Waals surface area contributed by atoms with Gasteiger partial charge in [0.25, 0.3) is 0 Å². The Labute approximate surface area is 120 Å². The van der Waals surface area contributed by atoms with Crippen molar-refractivity contribution in [3.63, 3.8) is 0 Å². The first kappa shape index (κ1) is 14.3. The van der Waals surface area contributed by atoms with Gasteiger partial charge in [0.05, 0.1) is 0 Å². The molecule has 0 aromatic heterocycles. The van der Waals surface area contributed by atoms with Crippen LogP contribution in [0.5, 0.6) is 0 Å². The fraction of sp³-hybridized carbons (Fsp3) is 0.533. The topological polar surface area (TPSA) is 49.5 Å². The Morgan fingerprint density at radius 3 is 2.95 bits per heavy atom. The van der Waals surface area contributed by atoms with Crippen molar-refractivity contribution in [1.82, 2.24) is 0 Å². The number of nitrogens with two attached hydrogens (primary N) is 1. The molecular weight excluding hydrogens is 256 g/mol. The molecular formula is C15H22N2OS. The van der Waals surface area contributed by atoms with Crippen LogP contribution in [-0.2, 0) is 0 Å². The van der Waals surface area contributed by atoms with E-state index in [1.54, 1.807) is 0 Å². The van der Waals surface area contributed by atoms with Crippen LogP contribution in [0.25, 0.3) is 0 Å². The smallest absolute Gasteiger partial charge is 0.106 e. The third-order valence-electron chi connectivity index (χ3n) is 3.82. The Hall–Kier alpha value is -1.13. The molecule has 1 aliphatic rings. The Kier molecular flexibility index (Phi) is 4.77. The van der Waals surface area contributed by atoms with Gasteiger partial charge in [-0.15, -0.1) is 0 Å². The molecule has 0 aliphatic carbocycles. The largest absolute Gasteiger partial charge is 0.396 e. The summed E-state index contributed by atoms with van der Waals surface area (Å²) in [5, 5.41) is 9.24. The summed E-state index contributed by atoms with van der Waals surface area (Å²) in [6, 6.07) is 6.61. The predicted octanol–water partition coefficient (Wildman–Crippen LogP) is 2.37. The average Bonchev–Trinajstić information content (AvgIpc) is 2.39. The summed E-state index contributed by atoms with van der Waals surface area (Å²) in [6.07, 6.45) is 4.36. The van der Waals surface area contributed by atoms with Gasteiger partial charge in [0.2, 0.25) is 0 Å². The van der Waals surface area contributed by atoms with Crippen molar-refractivity contribution in [2.45, 2.75) is 38.6 Å². The minimum atomic E-state index is 0.232. The van der Waals surface area contributed by atoms with Gasteiger partial charge in [-0.1, -0.05) is 18.3 Å². The zero-order valence-corrected chi connectivity index (χ0v) is 12.2. The number of aryl methyl sites for hydroxylation is 1. The van der Waals surface area contributed by atoms with Crippen LogP contribution in [0.15, 0.2) is 18.2 Å².